The summed E-state index contributed by atoms with van der Waals surface area (Å²) < 4.78 is 29.2. The Morgan fingerprint density at radius 3 is 2.76 bits per heavy atom. The van der Waals surface area contributed by atoms with Gasteiger partial charge in [0, 0.05) is 12.3 Å². The van der Waals surface area contributed by atoms with Crippen LogP contribution >= 0.6 is 0 Å². The number of nitro groups is 1. The third kappa shape index (κ3) is 3.16. The minimum atomic E-state index is -2.99. The summed E-state index contributed by atoms with van der Waals surface area (Å²) in [6.07, 6.45) is -2.60. The van der Waals surface area contributed by atoms with Gasteiger partial charge >= 0.3 is 5.97 Å². The Bertz CT molecular complexity index is 451. The van der Waals surface area contributed by atoms with Crippen molar-refractivity contribution in [2.75, 3.05) is 7.11 Å². The average Bonchev–Trinajstić information content (AvgIpc) is 2.28. The van der Waals surface area contributed by atoms with Gasteiger partial charge < -0.3 is 4.74 Å². The van der Waals surface area contributed by atoms with E-state index >= 15 is 0 Å². The minimum Gasteiger partial charge on any atom is -0.469 e. The van der Waals surface area contributed by atoms with E-state index in [0.29, 0.717) is 6.20 Å². The van der Waals surface area contributed by atoms with Crippen molar-refractivity contribution in [2.45, 2.75) is 12.8 Å². The van der Waals surface area contributed by atoms with Gasteiger partial charge in [0.2, 0.25) is 0 Å². The molecule has 1 aromatic heterocycles. The van der Waals surface area contributed by atoms with E-state index in [1.54, 1.807) is 0 Å². The Morgan fingerprint density at radius 1 is 1.65 bits per heavy atom. The lowest BCUT2D eigenvalue weighted by atomic mass is 10.2. The predicted octanol–water partition coefficient (Wildman–Crippen LogP) is 1.64. The van der Waals surface area contributed by atoms with E-state index in [1.165, 1.54) is 0 Å². The molecule has 0 aromatic carbocycles. The Balaban J connectivity index is 3.10. The van der Waals surface area contributed by atoms with E-state index in [9.17, 15) is 23.7 Å². The second-order valence-electron chi connectivity index (χ2n) is 3.05. The van der Waals surface area contributed by atoms with Crippen LogP contribution < -0.4 is 0 Å². The van der Waals surface area contributed by atoms with Crippen molar-refractivity contribution in [3.05, 3.63) is 33.6 Å². The van der Waals surface area contributed by atoms with Crippen molar-refractivity contribution in [1.82, 2.24) is 4.98 Å². The summed E-state index contributed by atoms with van der Waals surface area (Å²) in [5.41, 5.74) is -1.52. The van der Waals surface area contributed by atoms with Gasteiger partial charge in [-0.15, -0.1) is 0 Å². The molecule has 0 unspecified atom stereocenters. The van der Waals surface area contributed by atoms with Crippen molar-refractivity contribution in [3.8, 4) is 0 Å². The third-order valence-corrected chi connectivity index (χ3v) is 1.95. The fraction of sp³-hybridized carbons (Fsp3) is 0.333. The first kappa shape index (κ1) is 12.9. The van der Waals surface area contributed by atoms with Crippen LogP contribution in [0.25, 0.3) is 0 Å². The summed E-state index contributed by atoms with van der Waals surface area (Å²) in [4.78, 5) is 24.1. The molecule has 0 bridgehead atoms. The van der Waals surface area contributed by atoms with Crippen LogP contribution in [0.2, 0.25) is 0 Å². The molecular weight excluding hydrogens is 238 g/mol. The summed E-state index contributed by atoms with van der Waals surface area (Å²) in [6, 6.07) is 0.846. The lowest BCUT2D eigenvalue weighted by Gasteiger charge is -2.03. The largest absolute Gasteiger partial charge is 0.469 e. The molecule has 1 rings (SSSR count). The van der Waals surface area contributed by atoms with E-state index < -0.39 is 28.6 Å². The van der Waals surface area contributed by atoms with Crippen LogP contribution in [0.1, 0.15) is 17.7 Å². The van der Waals surface area contributed by atoms with Crippen LogP contribution in [0.3, 0.4) is 0 Å². The van der Waals surface area contributed by atoms with Gasteiger partial charge in [-0.05, 0) is 0 Å². The van der Waals surface area contributed by atoms with Crippen LogP contribution in [0.4, 0.5) is 14.5 Å². The zero-order chi connectivity index (χ0) is 13.0. The van der Waals surface area contributed by atoms with Gasteiger partial charge in [0.1, 0.15) is 5.56 Å². The molecule has 0 aliphatic heterocycles. The molecule has 6 nitrogen and oxygen atoms in total. The number of rotatable bonds is 4. The maximum Gasteiger partial charge on any atom is 0.311 e. The van der Waals surface area contributed by atoms with Crippen molar-refractivity contribution in [1.29, 1.82) is 0 Å². The molecule has 0 amide bonds. The van der Waals surface area contributed by atoms with Crippen LogP contribution in [0.5, 0.6) is 0 Å². The normalized spacial score (nSPS) is 10.4. The molecular formula is C9H8F2N2O4. The molecule has 0 fully saturated rings. The van der Waals surface area contributed by atoms with Crippen molar-refractivity contribution in [3.63, 3.8) is 0 Å². The lowest BCUT2D eigenvalue weighted by Crippen LogP contribution is -2.07. The number of carbonyl (C=O) groups is 1. The molecule has 0 atom stereocenters. The first-order valence-corrected chi connectivity index (χ1v) is 4.44. The van der Waals surface area contributed by atoms with Gasteiger partial charge in [0.15, 0.2) is 0 Å². The second kappa shape index (κ2) is 5.28. The molecule has 0 aliphatic rings. The van der Waals surface area contributed by atoms with E-state index in [4.69, 9.17) is 0 Å². The number of nitrogens with zero attached hydrogens (tertiary/aromatic N) is 2. The van der Waals surface area contributed by atoms with Crippen molar-refractivity contribution >= 4 is 11.7 Å². The summed E-state index contributed by atoms with van der Waals surface area (Å²) in [6.45, 7) is 0. The number of esters is 1. The van der Waals surface area contributed by atoms with Gasteiger partial charge in [-0.3, -0.25) is 19.9 Å². The van der Waals surface area contributed by atoms with Gasteiger partial charge in [-0.1, -0.05) is 0 Å². The Labute approximate surface area is 94.4 Å². The molecule has 0 saturated carbocycles. The number of methoxy groups -OCH3 is 1. The highest BCUT2D eigenvalue weighted by Gasteiger charge is 2.23. The van der Waals surface area contributed by atoms with Gasteiger partial charge in [0.05, 0.1) is 24.1 Å². The highest BCUT2D eigenvalue weighted by molar-refractivity contribution is 5.72. The number of hydrogen-bond donors (Lipinski definition) is 0. The zero-order valence-corrected chi connectivity index (χ0v) is 8.72. The van der Waals surface area contributed by atoms with Crippen LogP contribution in [-0.2, 0) is 16.0 Å². The summed E-state index contributed by atoms with van der Waals surface area (Å²) in [7, 11) is 1.14. The summed E-state index contributed by atoms with van der Waals surface area (Å²) in [5, 5.41) is 10.6. The SMILES string of the molecule is COC(=O)Cc1cc([N+](=O)[O-])c(C(F)F)cn1. The number of pyridine rings is 1. The van der Waals surface area contributed by atoms with Gasteiger partial charge in [0.25, 0.3) is 12.1 Å². The lowest BCUT2D eigenvalue weighted by molar-refractivity contribution is -0.386. The molecule has 1 heterocycles. The Kier molecular flexibility index (Phi) is 4.02. The second-order valence-corrected chi connectivity index (χ2v) is 3.05. The van der Waals surface area contributed by atoms with Crippen molar-refractivity contribution in [2.24, 2.45) is 0 Å². The molecule has 8 heteroatoms. The number of alkyl halides is 2. The van der Waals surface area contributed by atoms with E-state index in [0.717, 1.165) is 13.2 Å². The first-order valence-electron chi connectivity index (χ1n) is 4.44. The number of aromatic nitrogens is 1. The Hall–Kier alpha value is -2.12. The van der Waals surface area contributed by atoms with E-state index in [2.05, 4.69) is 9.72 Å². The first-order chi connectivity index (χ1) is 7.95. The number of hydrogen-bond acceptors (Lipinski definition) is 5. The number of ether oxygens (including phenoxy) is 1. The van der Waals surface area contributed by atoms with Crippen LogP contribution in [0.15, 0.2) is 12.3 Å². The fourth-order valence-electron chi connectivity index (χ4n) is 1.14. The van der Waals surface area contributed by atoms with E-state index in [1.807, 2.05) is 0 Å². The van der Waals surface area contributed by atoms with Crippen LogP contribution in [0, 0.1) is 10.1 Å². The van der Waals surface area contributed by atoms with Crippen molar-refractivity contribution < 1.29 is 23.2 Å². The smallest absolute Gasteiger partial charge is 0.311 e. The summed E-state index contributed by atoms with van der Waals surface area (Å²) >= 11 is 0. The molecule has 0 spiro atoms. The maximum absolute atomic E-state index is 12.4. The predicted molar refractivity (Wildman–Crippen MR) is 51.6 cm³/mol. The standard InChI is InChI=1S/C9H8F2N2O4/c1-17-8(14)3-5-2-7(13(15)16)6(4-12-5)9(10)11/h2,4,9H,3H2,1H3. The molecule has 0 radical (unpaired) electrons. The quantitative estimate of drug-likeness (QED) is 0.458. The number of carbonyl (C=O) groups excluding carboxylic acids is 1. The minimum absolute atomic E-state index is 0.00736. The average molecular weight is 246 g/mol. The highest BCUT2D eigenvalue weighted by Crippen LogP contribution is 2.28. The monoisotopic (exact) mass is 246 g/mol. The Morgan fingerprint density at radius 2 is 2.29 bits per heavy atom. The molecule has 0 aliphatic carbocycles. The zero-order valence-electron chi connectivity index (χ0n) is 8.72. The molecule has 1 aromatic rings. The van der Waals surface area contributed by atoms with E-state index in [-0.39, 0.29) is 12.1 Å². The molecule has 0 N–H and O–H groups in total. The molecule has 17 heavy (non-hydrogen) atoms. The fourth-order valence-corrected chi connectivity index (χ4v) is 1.14. The van der Waals surface area contributed by atoms with Gasteiger partial charge in [-0.25, -0.2) is 8.78 Å². The molecule has 92 valence electrons. The molecule has 0 saturated heterocycles. The summed E-state index contributed by atoms with van der Waals surface area (Å²) in [5.74, 6) is -0.656. The third-order valence-electron chi connectivity index (χ3n) is 1.95. The van der Waals surface area contributed by atoms with Crippen LogP contribution in [-0.4, -0.2) is 23.0 Å². The highest BCUT2D eigenvalue weighted by atomic mass is 19.3. The topological polar surface area (TPSA) is 82.3 Å². The maximum atomic E-state index is 12.4. The van der Waals surface area contributed by atoms with Gasteiger partial charge in [-0.2, -0.15) is 0 Å². The number of halogens is 2.